The van der Waals surface area contributed by atoms with Crippen molar-refractivity contribution >= 4 is 43.7 Å². The second-order valence-corrected chi connectivity index (χ2v) is 20.4. The molecule has 0 bridgehead atoms. The summed E-state index contributed by atoms with van der Waals surface area (Å²) in [6, 6.07) is 10.0. The molecular formula is C45H45ClF6N6O3S. The average Bonchev–Trinajstić information content (AvgIpc) is 3.72. The van der Waals surface area contributed by atoms with Crippen LogP contribution in [0.25, 0.3) is 22.0 Å². The summed E-state index contributed by atoms with van der Waals surface area (Å²) >= 11 is 6.79. The quantitative estimate of drug-likeness (QED) is 0.0704. The molecule has 1 saturated carbocycles. The minimum atomic E-state index is -3.45. The number of fused-ring (bicyclic) bond motifs is 4. The van der Waals surface area contributed by atoms with Crippen LogP contribution in [0.4, 0.5) is 26.3 Å². The first-order valence-electron chi connectivity index (χ1n) is 20.2. The molecule has 4 heterocycles. The summed E-state index contributed by atoms with van der Waals surface area (Å²) in [5.74, 6) is 1.49. The number of pyridine rings is 1. The smallest absolute Gasteiger partial charge is 0.293 e. The van der Waals surface area contributed by atoms with Gasteiger partial charge in [-0.2, -0.15) is 19.0 Å². The third kappa shape index (κ3) is 8.53. The molecule has 9 nitrogen and oxygen atoms in total. The molecule has 0 amide bonds. The third-order valence-corrected chi connectivity index (χ3v) is 13.1. The van der Waals surface area contributed by atoms with Crippen LogP contribution < -0.4 is 0 Å². The fourth-order valence-corrected chi connectivity index (χ4v) is 10.2. The Morgan fingerprint density at radius 1 is 1.08 bits per heavy atom. The number of hydrogen-bond donors (Lipinski definition) is 0. The van der Waals surface area contributed by atoms with Crippen LogP contribution in [-0.4, -0.2) is 82.9 Å². The van der Waals surface area contributed by atoms with Gasteiger partial charge in [-0.25, -0.2) is 22.5 Å². The van der Waals surface area contributed by atoms with Gasteiger partial charge in [0.1, 0.15) is 40.9 Å². The molecule has 328 valence electrons. The lowest BCUT2D eigenvalue weighted by atomic mass is 9.86. The molecule has 5 aromatic rings. The van der Waals surface area contributed by atoms with Crippen LogP contribution in [-0.2, 0) is 50.7 Å². The normalized spacial score (nSPS) is 22.0. The molecule has 1 aliphatic heterocycles. The van der Waals surface area contributed by atoms with Gasteiger partial charge in [0.25, 0.3) is 12.3 Å². The van der Waals surface area contributed by atoms with E-state index in [0.717, 1.165) is 18.7 Å². The first kappa shape index (κ1) is 43.9. The summed E-state index contributed by atoms with van der Waals surface area (Å²) in [6.07, 6.45) is -2.14. The van der Waals surface area contributed by atoms with E-state index in [1.807, 2.05) is 6.92 Å². The Morgan fingerprint density at radius 3 is 2.47 bits per heavy atom. The summed E-state index contributed by atoms with van der Waals surface area (Å²) in [5, 5.41) is 9.35. The van der Waals surface area contributed by atoms with Gasteiger partial charge in [0.15, 0.2) is 5.78 Å². The Balaban J connectivity index is 1.27. The molecule has 1 unspecified atom stereocenters. The van der Waals surface area contributed by atoms with Crippen LogP contribution in [0.3, 0.4) is 0 Å². The molecule has 2 fully saturated rings. The van der Waals surface area contributed by atoms with Gasteiger partial charge in [-0.05, 0) is 96.7 Å². The molecule has 62 heavy (non-hydrogen) atoms. The predicted molar refractivity (Wildman–Crippen MR) is 226 cm³/mol. The van der Waals surface area contributed by atoms with Gasteiger partial charge in [-0.15, -0.1) is 0 Å². The molecule has 8 rings (SSSR count). The SMILES string of the molecule is C=S(C)(=O)Cc1nn(C)c2c(-c3ccc(C#C[C@]4(C)CN(C(C)C)CCO4)nc3[C@@H](CC(=O)Cn3nc(C(F)F)c4c3C(F)(F)[C@@H]3C[C@H]43)Cc3cc(F)cc(F)c3)ccc(Cl)c12. The number of aryl methyl sites for hydroxylation is 1. The topological polar surface area (TPSA) is 95.1 Å². The van der Waals surface area contributed by atoms with E-state index in [1.54, 1.807) is 36.0 Å². The molecule has 0 radical (unpaired) electrons. The highest BCUT2D eigenvalue weighted by molar-refractivity contribution is 7.98. The Bertz CT molecular complexity index is 2780. The van der Waals surface area contributed by atoms with Crippen molar-refractivity contribution in [3.63, 3.8) is 0 Å². The van der Waals surface area contributed by atoms with Gasteiger partial charge < -0.3 is 4.74 Å². The van der Waals surface area contributed by atoms with Crippen LogP contribution in [0.1, 0.15) is 91.5 Å². The Labute approximate surface area is 360 Å². The molecule has 0 N–H and O–H groups in total. The zero-order valence-corrected chi connectivity index (χ0v) is 36.3. The van der Waals surface area contributed by atoms with Crippen LogP contribution in [0.2, 0.25) is 5.02 Å². The minimum Gasteiger partial charge on any atom is -0.360 e. The van der Waals surface area contributed by atoms with Gasteiger partial charge in [-0.1, -0.05) is 23.6 Å². The third-order valence-electron chi connectivity index (χ3n) is 11.9. The van der Waals surface area contributed by atoms with E-state index < -0.39 is 87.0 Å². The number of halogens is 7. The predicted octanol–water partition coefficient (Wildman–Crippen LogP) is 8.59. The van der Waals surface area contributed by atoms with E-state index in [9.17, 15) is 26.6 Å². The number of nitrogens with zero attached hydrogens (tertiary/aromatic N) is 6. The van der Waals surface area contributed by atoms with Gasteiger partial charge >= 0.3 is 0 Å². The largest absolute Gasteiger partial charge is 0.360 e. The Hall–Kier alpha value is -4.69. The molecule has 1 saturated heterocycles. The highest BCUT2D eigenvalue weighted by Crippen LogP contribution is 2.68. The number of benzene rings is 2. The summed E-state index contributed by atoms with van der Waals surface area (Å²) < 4.78 is 110. The number of alkyl halides is 4. The van der Waals surface area contributed by atoms with Crippen molar-refractivity contribution in [1.82, 2.24) is 29.4 Å². The maximum atomic E-state index is 15.6. The second kappa shape index (κ2) is 16.1. The van der Waals surface area contributed by atoms with Crippen LogP contribution in [0, 0.1) is 29.4 Å². The van der Waals surface area contributed by atoms with Crippen LogP contribution >= 0.6 is 11.6 Å². The molecule has 3 aromatic heterocycles. The van der Waals surface area contributed by atoms with Crippen LogP contribution in [0.15, 0.2) is 42.5 Å². The summed E-state index contributed by atoms with van der Waals surface area (Å²) in [4.78, 5) is 21.5. The zero-order chi connectivity index (χ0) is 44.6. The first-order valence-corrected chi connectivity index (χ1v) is 22.9. The van der Waals surface area contributed by atoms with Crippen molar-refractivity contribution in [3.8, 4) is 23.0 Å². The van der Waals surface area contributed by atoms with Gasteiger partial charge in [0, 0.05) is 78.8 Å². The van der Waals surface area contributed by atoms with Gasteiger partial charge in [0.2, 0.25) is 0 Å². The maximum absolute atomic E-state index is 15.6. The highest BCUT2D eigenvalue weighted by atomic mass is 35.5. The number of ether oxygens (including phenoxy) is 1. The van der Waals surface area contributed by atoms with E-state index in [1.165, 1.54) is 6.26 Å². The molecule has 5 atom stereocenters. The van der Waals surface area contributed by atoms with Crippen molar-refractivity contribution in [2.24, 2.45) is 13.0 Å². The standard InChI is InChI=1S/C45H45ClF6N6O3S/c1-24(2)57-13-14-61-44(3,23-57)12-11-29-7-8-31(32-9-10-35(46)38-36(22-62(5,6)60)54-56(4)41(32)38)39(53-29)26(15-25-16-27(47)19-28(48)17-25)18-30(59)21-58-42-37(40(55-58)43(49)50)33-20-34(33)45(42,51)52/h7-10,16-17,19,24,26,33-34,43H,5,13-15,18,20-23H2,1-4,6H3/t26-,33+,34-,44-,62?/m1/s1. The van der Waals surface area contributed by atoms with E-state index >= 15 is 8.78 Å². The summed E-state index contributed by atoms with van der Waals surface area (Å²) in [7, 11) is -0.880. The molecule has 3 aliphatic rings. The molecule has 2 aromatic carbocycles. The van der Waals surface area contributed by atoms with Gasteiger partial charge in [0.05, 0.1) is 34.3 Å². The lowest BCUT2D eigenvalue weighted by molar-refractivity contribution is -0.120. The van der Waals surface area contributed by atoms with Crippen molar-refractivity contribution in [2.45, 2.75) is 88.2 Å². The number of aromatic nitrogens is 5. The van der Waals surface area contributed by atoms with Gasteiger partial charge in [-0.3, -0.25) is 23.3 Å². The number of rotatable bonds is 12. The van der Waals surface area contributed by atoms with Crippen molar-refractivity contribution < 1.29 is 40.1 Å². The summed E-state index contributed by atoms with van der Waals surface area (Å²) in [6.45, 7) is 7.02. The van der Waals surface area contributed by atoms with Crippen LogP contribution in [0.5, 0.6) is 0 Å². The second-order valence-electron chi connectivity index (χ2n) is 17.3. The van der Waals surface area contributed by atoms with Crippen molar-refractivity contribution in [2.75, 3.05) is 26.0 Å². The minimum absolute atomic E-state index is 0.0232. The molecule has 17 heteroatoms. The number of hydrogen-bond acceptors (Lipinski definition) is 7. The Kier molecular flexibility index (Phi) is 11.4. The lowest BCUT2D eigenvalue weighted by Crippen LogP contribution is -2.51. The molecule has 0 spiro atoms. The maximum Gasteiger partial charge on any atom is 0.293 e. The number of Topliss-reactive ketones (excluding diaryl/α,β-unsaturated/α-hetero) is 1. The Morgan fingerprint density at radius 2 is 1.79 bits per heavy atom. The van der Waals surface area contributed by atoms with Crippen molar-refractivity contribution in [3.05, 3.63) is 98.7 Å². The summed E-state index contributed by atoms with van der Waals surface area (Å²) in [5.41, 5.74) is 0.207. The number of ketones is 1. The molecule has 2 aliphatic carbocycles. The number of carbonyl (C=O) groups is 1. The first-order chi connectivity index (χ1) is 29.1. The average molecular weight is 899 g/mol. The number of carbonyl (C=O) groups excluding carboxylic acids is 1. The van der Waals surface area contributed by atoms with E-state index in [-0.39, 0.29) is 47.2 Å². The fraction of sp³-hybridized carbons (Fsp3) is 0.444. The number of morpholine rings is 1. The monoisotopic (exact) mass is 898 g/mol. The fourth-order valence-electron chi connectivity index (χ4n) is 9.12. The zero-order valence-electron chi connectivity index (χ0n) is 34.8. The van der Waals surface area contributed by atoms with E-state index in [0.29, 0.717) is 56.6 Å². The van der Waals surface area contributed by atoms with E-state index in [4.69, 9.17) is 21.3 Å². The van der Waals surface area contributed by atoms with E-state index in [2.05, 4.69) is 46.7 Å². The molecular weight excluding hydrogens is 854 g/mol. The highest BCUT2D eigenvalue weighted by Gasteiger charge is 2.67. The lowest BCUT2D eigenvalue weighted by Gasteiger charge is -2.39. The van der Waals surface area contributed by atoms with Crippen molar-refractivity contribution in [1.29, 1.82) is 0 Å².